The van der Waals surface area contributed by atoms with Crippen molar-refractivity contribution in [2.24, 2.45) is 5.92 Å². The van der Waals surface area contributed by atoms with E-state index in [1.165, 1.54) is 0 Å². The third-order valence-corrected chi connectivity index (χ3v) is 4.38. The van der Waals surface area contributed by atoms with Gasteiger partial charge < -0.3 is 15.1 Å². The number of halogens is 1. The van der Waals surface area contributed by atoms with Crippen LogP contribution in [0.3, 0.4) is 0 Å². The van der Waals surface area contributed by atoms with Crippen molar-refractivity contribution in [1.82, 2.24) is 10.2 Å². The Bertz CT molecular complexity index is 575. The molecule has 1 N–H and O–H groups in total. The van der Waals surface area contributed by atoms with Crippen molar-refractivity contribution in [2.45, 2.75) is 13.3 Å². The van der Waals surface area contributed by atoms with Gasteiger partial charge in [0.2, 0.25) is 11.8 Å². The van der Waals surface area contributed by atoms with Crippen molar-refractivity contribution in [2.75, 3.05) is 38.6 Å². The molecular weight excluding hydrogens is 346 g/mol. The Labute approximate surface area is 139 Å². The van der Waals surface area contributed by atoms with E-state index in [0.29, 0.717) is 13.1 Å². The molecule has 0 spiro atoms. The number of anilines is 1. The minimum absolute atomic E-state index is 0.00249. The summed E-state index contributed by atoms with van der Waals surface area (Å²) in [6, 6.07) is 5.87. The molecule has 1 aromatic carbocycles. The first-order valence-electron chi connectivity index (χ1n) is 7.37. The summed E-state index contributed by atoms with van der Waals surface area (Å²) >= 11 is 3.50. The summed E-state index contributed by atoms with van der Waals surface area (Å²) in [6.45, 7) is 3.83. The van der Waals surface area contributed by atoms with Crippen molar-refractivity contribution in [3.63, 3.8) is 0 Å². The Hall–Kier alpha value is -1.40. The van der Waals surface area contributed by atoms with Gasteiger partial charge in [0, 0.05) is 30.5 Å². The average Bonchev–Trinajstić information content (AvgIpc) is 2.80. The lowest BCUT2D eigenvalue weighted by atomic mass is 10.1. The molecule has 2 amide bonds. The van der Waals surface area contributed by atoms with E-state index in [-0.39, 0.29) is 24.2 Å². The highest BCUT2D eigenvalue weighted by Crippen LogP contribution is 2.32. The monoisotopic (exact) mass is 367 g/mol. The number of benzene rings is 1. The molecule has 0 aromatic heterocycles. The maximum atomic E-state index is 12.2. The Morgan fingerprint density at radius 1 is 1.45 bits per heavy atom. The van der Waals surface area contributed by atoms with Crippen molar-refractivity contribution in [3.05, 3.63) is 28.2 Å². The maximum Gasteiger partial charge on any atom is 0.227 e. The molecule has 1 unspecified atom stereocenters. The second-order valence-electron chi connectivity index (χ2n) is 5.95. The van der Waals surface area contributed by atoms with Crippen LogP contribution >= 0.6 is 15.9 Å². The number of hydrogen-bond donors (Lipinski definition) is 1. The maximum absolute atomic E-state index is 12.2. The molecule has 1 aromatic rings. The van der Waals surface area contributed by atoms with Gasteiger partial charge in [-0.3, -0.25) is 9.59 Å². The molecule has 0 bridgehead atoms. The molecule has 22 heavy (non-hydrogen) atoms. The van der Waals surface area contributed by atoms with Gasteiger partial charge in [0.05, 0.1) is 11.6 Å². The van der Waals surface area contributed by atoms with Crippen molar-refractivity contribution in [1.29, 1.82) is 0 Å². The Balaban J connectivity index is 2.00. The van der Waals surface area contributed by atoms with Crippen LogP contribution in [0.1, 0.15) is 12.0 Å². The van der Waals surface area contributed by atoms with Gasteiger partial charge in [0.15, 0.2) is 0 Å². The Kier molecular flexibility index (Phi) is 5.58. The zero-order valence-electron chi connectivity index (χ0n) is 13.2. The number of carbonyl (C=O) groups is 2. The smallest absolute Gasteiger partial charge is 0.227 e. The van der Waals surface area contributed by atoms with E-state index >= 15 is 0 Å². The summed E-state index contributed by atoms with van der Waals surface area (Å²) in [7, 11) is 3.92. The zero-order valence-corrected chi connectivity index (χ0v) is 14.8. The van der Waals surface area contributed by atoms with Crippen LogP contribution in [0.25, 0.3) is 0 Å². The zero-order chi connectivity index (χ0) is 16.3. The number of hydrogen-bond acceptors (Lipinski definition) is 3. The number of amides is 2. The molecule has 1 atom stereocenters. The van der Waals surface area contributed by atoms with Crippen LogP contribution in [-0.4, -0.2) is 50.4 Å². The van der Waals surface area contributed by atoms with Gasteiger partial charge >= 0.3 is 0 Å². The molecular formula is C16H22BrN3O2. The molecule has 1 aliphatic heterocycles. The normalized spacial score (nSPS) is 18.1. The number of aryl methyl sites for hydroxylation is 1. The van der Waals surface area contributed by atoms with Crippen LogP contribution in [0.4, 0.5) is 5.69 Å². The highest BCUT2D eigenvalue weighted by atomic mass is 79.9. The van der Waals surface area contributed by atoms with E-state index in [1.807, 2.05) is 44.1 Å². The van der Waals surface area contributed by atoms with E-state index in [4.69, 9.17) is 0 Å². The summed E-state index contributed by atoms with van der Waals surface area (Å²) in [5.74, 6) is -0.318. The average molecular weight is 368 g/mol. The highest BCUT2D eigenvalue weighted by molar-refractivity contribution is 9.10. The summed E-state index contributed by atoms with van der Waals surface area (Å²) in [6.07, 6.45) is 0.272. The van der Waals surface area contributed by atoms with Crippen molar-refractivity contribution >= 4 is 33.4 Å². The molecule has 2 rings (SSSR count). The first kappa shape index (κ1) is 17.0. The first-order chi connectivity index (χ1) is 10.4. The number of carbonyl (C=O) groups excluding carboxylic acids is 2. The number of rotatable bonds is 5. The SMILES string of the molecule is Cc1ccc(N2CC(C(=O)NCCN(C)C)CC2=O)c(Br)c1. The van der Waals surface area contributed by atoms with Gasteiger partial charge in [-0.25, -0.2) is 0 Å². The fourth-order valence-corrected chi connectivity index (χ4v) is 3.20. The van der Waals surface area contributed by atoms with Crippen molar-refractivity contribution in [3.8, 4) is 0 Å². The molecule has 0 saturated carbocycles. The number of nitrogens with zero attached hydrogens (tertiary/aromatic N) is 2. The van der Waals surface area contributed by atoms with Crippen LogP contribution < -0.4 is 10.2 Å². The summed E-state index contributed by atoms with van der Waals surface area (Å²) in [4.78, 5) is 28.1. The van der Waals surface area contributed by atoms with E-state index < -0.39 is 0 Å². The number of nitrogens with one attached hydrogen (secondary N) is 1. The topological polar surface area (TPSA) is 52.7 Å². The molecule has 5 nitrogen and oxygen atoms in total. The lowest BCUT2D eigenvalue weighted by molar-refractivity contribution is -0.126. The van der Waals surface area contributed by atoms with E-state index in [2.05, 4.69) is 21.2 Å². The fraction of sp³-hybridized carbons (Fsp3) is 0.500. The Morgan fingerprint density at radius 3 is 2.82 bits per heavy atom. The molecule has 0 radical (unpaired) electrons. The highest BCUT2D eigenvalue weighted by Gasteiger charge is 2.35. The second kappa shape index (κ2) is 7.24. The van der Waals surface area contributed by atoms with Gasteiger partial charge in [-0.05, 0) is 54.6 Å². The largest absolute Gasteiger partial charge is 0.355 e. The molecule has 1 aliphatic rings. The Morgan fingerprint density at radius 2 is 2.18 bits per heavy atom. The third-order valence-electron chi connectivity index (χ3n) is 3.75. The van der Waals surface area contributed by atoms with Gasteiger partial charge in [0.25, 0.3) is 0 Å². The summed E-state index contributed by atoms with van der Waals surface area (Å²) in [5, 5.41) is 2.90. The van der Waals surface area contributed by atoms with Gasteiger partial charge in [-0.2, -0.15) is 0 Å². The summed E-state index contributed by atoms with van der Waals surface area (Å²) < 4.78 is 0.884. The molecule has 6 heteroatoms. The predicted molar refractivity (Wildman–Crippen MR) is 90.9 cm³/mol. The van der Waals surface area contributed by atoms with Gasteiger partial charge in [-0.1, -0.05) is 6.07 Å². The van der Waals surface area contributed by atoms with Crippen molar-refractivity contribution < 1.29 is 9.59 Å². The van der Waals surface area contributed by atoms with Gasteiger partial charge in [0.1, 0.15) is 0 Å². The molecule has 120 valence electrons. The second-order valence-corrected chi connectivity index (χ2v) is 6.81. The minimum Gasteiger partial charge on any atom is -0.355 e. The van der Waals surface area contributed by atoms with Crippen LogP contribution in [0.5, 0.6) is 0 Å². The molecule has 1 heterocycles. The van der Waals surface area contributed by atoms with Gasteiger partial charge in [-0.15, -0.1) is 0 Å². The fourth-order valence-electron chi connectivity index (χ4n) is 2.49. The lowest BCUT2D eigenvalue weighted by Gasteiger charge is -2.19. The van der Waals surface area contributed by atoms with E-state index in [9.17, 15) is 9.59 Å². The predicted octanol–water partition coefficient (Wildman–Crippen LogP) is 1.79. The summed E-state index contributed by atoms with van der Waals surface area (Å²) in [5.41, 5.74) is 1.96. The molecule has 1 saturated heterocycles. The molecule has 1 fully saturated rings. The third kappa shape index (κ3) is 4.08. The van der Waals surface area contributed by atoms with Crippen LogP contribution in [0, 0.1) is 12.8 Å². The van der Waals surface area contributed by atoms with E-state index in [0.717, 1.165) is 22.3 Å². The molecule has 0 aliphatic carbocycles. The van der Waals surface area contributed by atoms with E-state index in [1.54, 1.807) is 4.90 Å². The minimum atomic E-state index is -0.275. The van der Waals surface area contributed by atoms with Crippen LogP contribution in [0.15, 0.2) is 22.7 Å². The number of likely N-dealkylation sites (N-methyl/N-ethyl adjacent to an activating group) is 1. The quantitative estimate of drug-likeness (QED) is 0.862. The van der Waals surface area contributed by atoms with Crippen LogP contribution in [0.2, 0.25) is 0 Å². The lowest BCUT2D eigenvalue weighted by Crippen LogP contribution is -2.36. The standard InChI is InChI=1S/C16H22BrN3O2/c1-11-4-5-14(13(17)8-11)20-10-12(9-15(20)21)16(22)18-6-7-19(2)3/h4-5,8,12H,6-7,9-10H2,1-3H3,(H,18,22). The first-order valence-corrected chi connectivity index (χ1v) is 8.16. The van der Waals surface area contributed by atoms with Crippen LogP contribution in [-0.2, 0) is 9.59 Å².